The van der Waals surface area contributed by atoms with Crippen molar-refractivity contribution in [3.63, 3.8) is 0 Å². The summed E-state index contributed by atoms with van der Waals surface area (Å²) in [6.07, 6.45) is 2.79. The molecule has 0 unspecified atom stereocenters. The van der Waals surface area contributed by atoms with Gasteiger partial charge in [-0.05, 0) is 26.8 Å². The maximum atomic E-state index is 11.8. The quantitative estimate of drug-likeness (QED) is 0.488. The predicted octanol–water partition coefficient (Wildman–Crippen LogP) is 2.40. The normalized spacial score (nSPS) is 12.2. The fourth-order valence-electron chi connectivity index (χ4n) is 0.951. The first kappa shape index (κ1) is 13.6. The van der Waals surface area contributed by atoms with Crippen LogP contribution >= 0.6 is 7.60 Å². The Labute approximate surface area is 84.8 Å². The van der Waals surface area contributed by atoms with Gasteiger partial charge in [0.15, 0.2) is 5.78 Å². The summed E-state index contributed by atoms with van der Waals surface area (Å²) in [5.41, 5.74) is 0. The highest BCUT2D eigenvalue weighted by Crippen LogP contribution is 2.47. The van der Waals surface area contributed by atoms with Crippen molar-refractivity contribution in [2.75, 3.05) is 19.4 Å². The molecule has 0 aromatic heterocycles. The molecule has 0 N–H and O–H groups in total. The smallest absolute Gasteiger partial charge is 0.309 e. The van der Waals surface area contributed by atoms with Gasteiger partial charge in [0.05, 0.1) is 13.2 Å². The van der Waals surface area contributed by atoms with Gasteiger partial charge in [0.25, 0.3) is 0 Å². The molecule has 0 aliphatic rings. The molecule has 4 nitrogen and oxygen atoms in total. The van der Waals surface area contributed by atoms with Gasteiger partial charge in [-0.15, -0.1) is 0 Å². The lowest BCUT2D eigenvalue weighted by Gasteiger charge is -2.14. The molecule has 0 amide bonds. The van der Waals surface area contributed by atoms with E-state index in [1.807, 2.05) is 0 Å². The van der Waals surface area contributed by atoms with E-state index in [2.05, 4.69) is 0 Å². The van der Waals surface area contributed by atoms with Crippen LogP contribution in [-0.2, 0) is 18.4 Å². The largest absolute Gasteiger partial charge is 0.338 e. The van der Waals surface area contributed by atoms with Crippen LogP contribution < -0.4 is 0 Å². The second-order valence-electron chi connectivity index (χ2n) is 2.57. The number of hydrogen-bond donors (Lipinski definition) is 0. The molecule has 0 spiro atoms. The molecule has 0 saturated carbocycles. The van der Waals surface area contributed by atoms with Crippen molar-refractivity contribution in [3.05, 3.63) is 12.2 Å². The minimum absolute atomic E-state index is 0.182. The fourth-order valence-corrected chi connectivity index (χ4v) is 2.48. The van der Waals surface area contributed by atoms with Gasteiger partial charge in [0.2, 0.25) is 0 Å². The highest BCUT2D eigenvalue weighted by Gasteiger charge is 2.25. The van der Waals surface area contributed by atoms with E-state index in [-0.39, 0.29) is 25.2 Å². The van der Waals surface area contributed by atoms with E-state index in [1.165, 1.54) is 6.08 Å². The molecule has 0 saturated heterocycles. The fraction of sp³-hybridized carbons (Fsp3) is 0.667. The lowest BCUT2D eigenvalue weighted by Crippen LogP contribution is -2.07. The van der Waals surface area contributed by atoms with Crippen LogP contribution in [0.1, 0.15) is 20.8 Å². The van der Waals surface area contributed by atoms with Gasteiger partial charge < -0.3 is 9.05 Å². The molecule has 0 heterocycles. The van der Waals surface area contributed by atoms with Crippen LogP contribution in [0.4, 0.5) is 0 Å². The Bertz CT molecular complexity index is 237. The number of carbonyl (C=O) groups excluding carboxylic acids is 1. The SMILES string of the molecule is C/C=C/C(=O)CP(=O)(OCC)OCC. The summed E-state index contributed by atoms with van der Waals surface area (Å²) < 4.78 is 21.7. The Morgan fingerprint density at radius 2 is 1.79 bits per heavy atom. The van der Waals surface area contributed by atoms with Crippen molar-refractivity contribution in [2.45, 2.75) is 20.8 Å². The minimum Gasteiger partial charge on any atom is -0.309 e. The topological polar surface area (TPSA) is 52.6 Å². The van der Waals surface area contributed by atoms with Gasteiger partial charge in [-0.2, -0.15) is 0 Å². The summed E-state index contributed by atoms with van der Waals surface area (Å²) >= 11 is 0. The minimum atomic E-state index is -3.21. The van der Waals surface area contributed by atoms with Crippen molar-refractivity contribution in [1.82, 2.24) is 0 Å². The van der Waals surface area contributed by atoms with Crippen molar-refractivity contribution in [2.24, 2.45) is 0 Å². The number of carbonyl (C=O) groups is 1. The lowest BCUT2D eigenvalue weighted by molar-refractivity contribution is -0.112. The number of ketones is 1. The number of rotatable bonds is 7. The molecular formula is C9H17O4P. The van der Waals surface area contributed by atoms with Gasteiger partial charge in [-0.3, -0.25) is 9.36 Å². The third kappa shape index (κ3) is 5.32. The monoisotopic (exact) mass is 220 g/mol. The first-order valence-corrected chi connectivity index (χ1v) is 6.34. The number of allylic oxidation sites excluding steroid dienone is 2. The van der Waals surface area contributed by atoms with Crippen LogP contribution in [0.2, 0.25) is 0 Å². The molecule has 0 aliphatic carbocycles. The third-order valence-corrected chi connectivity index (χ3v) is 3.36. The number of hydrogen-bond acceptors (Lipinski definition) is 4. The Hall–Kier alpha value is -0.440. The van der Waals surface area contributed by atoms with Crippen LogP contribution in [0.15, 0.2) is 12.2 Å². The van der Waals surface area contributed by atoms with E-state index in [1.54, 1.807) is 26.8 Å². The second kappa shape index (κ2) is 6.93. The molecule has 0 aromatic rings. The van der Waals surface area contributed by atoms with Crippen LogP contribution in [0.5, 0.6) is 0 Å². The second-order valence-corrected chi connectivity index (χ2v) is 4.63. The third-order valence-electron chi connectivity index (χ3n) is 1.35. The molecule has 0 bridgehead atoms. The molecule has 82 valence electrons. The summed E-state index contributed by atoms with van der Waals surface area (Å²) in [5.74, 6) is -0.238. The van der Waals surface area contributed by atoms with Crippen molar-refractivity contribution in [3.8, 4) is 0 Å². The van der Waals surface area contributed by atoms with Crippen molar-refractivity contribution < 1.29 is 18.4 Å². The first-order chi connectivity index (χ1) is 6.58. The zero-order chi connectivity index (χ0) is 11.0. The highest BCUT2D eigenvalue weighted by molar-refractivity contribution is 7.54. The maximum absolute atomic E-state index is 11.8. The van der Waals surface area contributed by atoms with Gasteiger partial charge in [0, 0.05) is 0 Å². The maximum Gasteiger partial charge on any atom is 0.338 e. The van der Waals surface area contributed by atoms with E-state index in [0.717, 1.165) is 0 Å². The summed E-state index contributed by atoms with van der Waals surface area (Å²) in [6, 6.07) is 0. The van der Waals surface area contributed by atoms with E-state index in [4.69, 9.17) is 9.05 Å². The van der Waals surface area contributed by atoms with Crippen molar-refractivity contribution >= 4 is 13.4 Å². The zero-order valence-electron chi connectivity index (χ0n) is 8.86. The van der Waals surface area contributed by atoms with Crippen LogP contribution in [0.25, 0.3) is 0 Å². The molecule has 0 fully saturated rings. The molecule has 14 heavy (non-hydrogen) atoms. The molecular weight excluding hydrogens is 203 g/mol. The van der Waals surface area contributed by atoms with E-state index in [9.17, 15) is 9.36 Å². The Morgan fingerprint density at radius 1 is 1.29 bits per heavy atom. The van der Waals surface area contributed by atoms with Crippen molar-refractivity contribution in [1.29, 1.82) is 0 Å². The zero-order valence-corrected chi connectivity index (χ0v) is 9.75. The van der Waals surface area contributed by atoms with Crippen LogP contribution in [0, 0.1) is 0 Å². The Morgan fingerprint density at radius 3 is 2.14 bits per heavy atom. The van der Waals surface area contributed by atoms with Gasteiger partial charge >= 0.3 is 7.60 Å². The molecule has 5 heteroatoms. The lowest BCUT2D eigenvalue weighted by atomic mass is 10.4. The van der Waals surface area contributed by atoms with Crippen LogP contribution in [-0.4, -0.2) is 25.2 Å². The first-order valence-electron chi connectivity index (χ1n) is 4.61. The summed E-state index contributed by atoms with van der Waals surface area (Å²) in [6.45, 7) is 5.71. The van der Waals surface area contributed by atoms with Gasteiger partial charge in [0.1, 0.15) is 6.16 Å². The molecule has 0 aliphatic heterocycles. The molecule has 0 atom stereocenters. The predicted molar refractivity (Wildman–Crippen MR) is 55.5 cm³/mol. The van der Waals surface area contributed by atoms with Gasteiger partial charge in [-0.25, -0.2) is 0 Å². The van der Waals surface area contributed by atoms with Crippen LogP contribution in [0.3, 0.4) is 0 Å². The van der Waals surface area contributed by atoms with E-state index >= 15 is 0 Å². The Kier molecular flexibility index (Phi) is 6.71. The average molecular weight is 220 g/mol. The molecule has 0 rings (SSSR count). The summed E-state index contributed by atoms with van der Waals surface area (Å²) in [7, 11) is -3.21. The summed E-state index contributed by atoms with van der Waals surface area (Å²) in [5, 5.41) is 0. The summed E-state index contributed by atoms with van der Waals surface area (Å²) in [4.78, 5) is 11.2. The standard InChI is InChI=1S/C9H17O4P/c1-4-7-9(10)8-14(11,12-5-2)13-6-3/h4,7H,5-6,8H2,1-3H3/b7-4+. The molecule has 0 radical (unpaired) electrons. The van der Waals surface area contributed by atoms with E-state index in [0.29, 0.717) is 0 Å². The highest BCUT2D eigenvalue weighted by atomic mass is 31.2. The average Bonchev–Trinajstić information content (AvgIpc) is 2.04. The van der Waals surface area contributed by atoms with E-state index < -0.39 is 7.60 Å². The Balaban J connectivity index is 4.35. The molecule has 0 aromatic carbocycles. The van der Waals surface area contributed by atoms with Gasteiger partial charge in [-0.1, -0.05) is 6.08 Å².